The van der Waals surface area contributed by atoms with Gasteiger partial charge in [-0.15, -0.1) is 0 Å². The Hall–Kier alpha value is -3.64. The highest BCUT2D eigenvalue weighted by atomic mass is 19.4. The number of carbonyl (C=O) groups is 1. The highest BCUT2D eigenvalue weighted by molar-refractivity contribution is 5.76. The normalized spacial score (nSPS) is 14.3. The van der Waals surface area contributed by atoms with Crippen LogP contribution >= 0.6 is 0 Å². The highest BCUT2D eigenvalue weighted by Crippen LogP contribution is 2.39. The maximum atomic E-state index is 13.3. The summed E-state index contributed by atoms with van der Waals surface area (Å²) in [4.78, 5) is 33.7. The highest BCUT2D eigenvalue weighted by Gasteiger charge is 2.35. The molecule has 1 aromatic heterocycles. The van der Waals surface area contributed by atoms with Gasteiger partial charge in [-0.05, 0) is 19.1 Å². The van der Waals surface area contributed by atoms with E-state index in [1.807, 2.05) is 0 Å². The first kappa shape index (κ1) is 22.1. The van der Waals surface area contributed by atoms with Crippen molar-refractivity contribution in [1.82, 2.24) is 14.9 Å². The predicted molar refractivity (Wildman–Crippen MR) is 104 cm³/mol. The van der Waals surface area contributed by atoms with Crippen LogP contribution < -0.4 is 10.2 Å². The van der Waals surface area contributed by atoms with Crippen LogP contribution in [0.2, 0.25) is 0 Å². The fourth-order valence-corrected chi connectivity index (χ4v) is 3.14. The van der Waals surface area contributed by atoms with Crippen LogP contribution in [0.4, 0.5) is 41.0 Å². The number of aromatic nitrogens is 2. The first-order chi connectivity index (χ1) is 14.7. The van der Waals surface area contributed by atoms with Gasteiger partial charge in [0.1, 0.15) is 6.33 Å². The van der Waals surface area contributed by atoms with Crippen LogP contribution in [0.3, 0.4) is 0 Å². The van der Waals surface area contributed by atoms with Gasteiger partial charge >= 0.3 is 18.0 Å². The Kier molecular flexibility index (Phi) is 6.42. The van der Waals surface area contributed by atoms with Crippen molar-refractivity contribution in [2.45, 2.75) is 13.1 Å². The lowest BCUT2D eigenvalue weighted by molar-refractivity contribution is -0.383. The smallest absolute Gasteiger partial charge is 0.418 e. The van der Waals surface area contributed by atoms with Crippen molar-refractivity contribution in [3.05, 3.63) is 46.3 Å². The number of amides is 1. The van der Waals surface area contributed by atoms with E-state index in [-0.39, 0.29) is 50.1 Å². The Balaban J connectivity index is 1.89. The van der Waals surface area contributed by atoms with Crippen molar-refractivity contribution in [2.75, 3.05) is 43.0 Å². The molecule has 1 fully saturated rings. The first-order valence-corrected chi connectivity index (χ1v) is 9.31. The number of alkyl halides is 3. The van der Waals surface area contributed by atoms with Crippen molar-refractivity contribution < 1.29 is 27.6 Å². The minimum absolute atomic E-state index is 0.0458. The number of carbonyl (C=O) groups excluding carboxylic acids is 1. The van der Waals surface area contributed by atoms with Gasteiger partial charge in [0.2, 0.25) is 11.6 Å². The third kappa shape index (κ3) is 4.92. The average molecular weight is 440 g/mol. The third-order valence-corrected chi connectivity index (χ3v) is 4.58. The number of piperazine rings is 1. The number of hydrogen-bond donors (Lipinski definition) is 1. The van der Waals surface area contributed by atoms with Crippen LogP contribution in [-0.4, -0.2) is 58.7 Å². The molecule has 1 saturated heterocycles. The number of ether oxygens (including phenoxy) is 1. The summed E-state index contributed by atoms with van der Waals surface area (Å²) in [5, 5.41) is 14.2. The second kappa shape index (κ2) is 9.02. The fourth-order valence-electron chi connectivity index (χ4n) is 3.14. The summed E-state index contributed by atoms with van der Waals surface area (Å²) in [7, 11) is 0. The summed E-state index contributed by atoms with van der Waals surface area (Å²) in [5.74, 6) is -0.407. The van der Waals surface area contributed by atoms with Crippen molar-refractivity contribution in [1.29, 1.82) is 0 Å². The molecular formula is C18H19F3N6O4. The standard InChI is InChI=1S/C18H19F3N6O4/c1-2-31-17(28)26-9-7-25(8-10-26)16-14(27(29)30)15(22-11-23-16)24-13-6-4-3-5-12(13)18(19,20)21/h3-6,11H,2,7-10H2,1H3,(H,22,23,24). The Labute approximate surface area is 174 Å². The van der Waals surface area contributed by atoms with Crippen LogP contribution in [0, 0.1) is 10.1 Å². The van der Waals surface area contributed by atoms with E-state index in [0.717, 1.165) is 18.5 Å². The molecule has 3 rings (SSSR count). The Bertz CT molecular complexity index is 964. The van der Waals surface area contributed by atoms with Crippen molar-refractivity contribution >= 4 is 29.1 Å². The maximum absolute atomic E-state index is 13.3. The van der Waals surface area contributed by atoms with Gasteiger partial charge in [-0.2, -0.15) is 13.2 Å². The molecule has 13 heteroatoms. The van der Waals surface area contributed by atoms with E-state index in [1.54, 1.807) is 11.8 Å². The van der Waals surface area contributed by atoms with Gasteiger partial charge in [0.05, 0.1) is 22.8 Å². The van der Waals surface area contributed by atoms with E-state index >= 15 is 0 Å². The van der Waals surface area contributed by atoms with E-state index < -0.39 is 28.4 Å². The van der Waals surface area contributed by atoms with Crippen LogP contribution in [0.1, 0.15) is 12.5 Å². The largest absolute Gasteiger partial charge is 0.450 e. The number of hydrogen-bond acceptors (Lipinski definition) is 8. The SMILES string of the molecule is CCOC(=O)N1CCN(c2ncnc(Nc3ccccc3C(F)(F)F)c2[N+](=O)[O-])CC1. The molecule has 166 valence electrons. The lowest BCUT2D eigenvalue weighted by Gasteiger charge is -2.34. The summed E-state index contributed by atoms with van der Waals surface area (Å²) < 4.78 is 44.8. The molecule has 0 atom stereocenters. The summed E-state index contributed by atoms with van der Waals surface area (Å²) in [6, 6.07) is 4.62. The topological polar surface area (TPSA) is 114 Å². The molecule has 0 saturated carbocycles. The Morgan fingerprint density at radius 3 is 2.52 bits per heavy atom. The number of halogens is 3. The van der Waals surface area contributed by atoms with E-state index in [0.29, 0.717) is 0 Å². The predicted octanol–water partition coefficient (Wildman–Crippen LogP) is 3.43. The van der Waals surface area contributed by atoms with Gasteiger partial charge in [-0.1, -0.05) is 12.1 Å². The van der Waals surface area contributed by atoms with Gasteiger partial charge in [0.15, 0.2) is 0 Å². The molecule has 1 aromatic carbocycles. The number of para-hydroxylation sites is 1. The van der Waals surface area contributed by atoms with Gasteiger partial charge in [0, 0.05) is 26.2 Å². The van der Waals surface area contributed by atoms with E-state index in [4.69, 9.17) is 4.74 Å². The Morgan fingerprint density at radius 2 is 1.90 bits per heavy atom. The average Bonchev–Trinajstić information content (AvgIpc) is 2.73. The molecule has 1 N–H and O–H groups in total. The van der Waals surface area contributed by atoms with E-state index in [1.165, 1.54) is 17.0 Å². The first-order valence-electron chi connectivity index (χ1n) is 9.31. The second-order valence-corrected chi connectivity index (χ2v) is 6.49. The molecule has 0 spiro atoms. The molecular weight excluding hydrogens is 421 g/mol. The zero-order valence-electron chi connectivity index (χ0n) is 16.4. The fraction of sp³-hybridized carbons (Fsp3) is 0.389. The number of anilines is 3. The summed E-state index contributed by atoms with van der Waals surface area (Å²) in [6.07, 6.45) is -4.10. The van der Waals surface area contributed by atoms with Gasteiger partial charge in [-0.3, -0.25) is 10.1 Å². The van der Waals surface area contributed by atoms with Gasteiger partial charge < -0.3 is 19.9 Å². The molecule has 0 radical (unpaired) electrons. The van der Waals surface area contributed by atoms with Crippen LogP contribution in [-0.2, 0) is 10.9 Å². The molecule has 2 aromatic rings. The molecule has 2 heterocycles. The van der Waals surface area contributed by atoms with E-state index in [2.05, 4.69) is 15.3 Å². The number of rotatable bonds is 5. The number of nitrogens with zero attached hydrogens (tertiary/aromatic N) is 5. The van der Waals surface area contributed by atoms with Crippen LogP contribution in [0.15, 0.2) is 30.6 Å². The van der Waals surface area contributed by atoms with Gasteiger partial charge in [-0.25, -0.2) is 14.8 Å². The van der Waals surface area contributed by atoms with Gasteiger partial charge in [0.25, 0.3) is 0 Å². The van der Waals surface area contributed by atoms with Crippen molar-refractivity contribution in [3.8, 4) is 0 Å². The third-order valence-electron chi connectivity index (χ3n) is 4.58. The number of benzene rings is 1. The summed E-state index contributed by atoms with van der Waals surface area (Å²) in [6.45, 7) is 2.87. The number of nitro groups is 1. The zero-order chi connectivity index (χ0) is 22.6. The van der Waals surface area contributed by atoms with Crippen molar-refractivity contribution in [2.24, 2.45) is 0 Å². The van der Waals surface area contributed by atoms with Crippen LogP contribution in [0.5, 0.6) is 0 Å². The van der Waals surface area contributed by atoms with Crippen molar-refractivity contribution in [3.63, 3.8) is 0 Å². The summed E-state index contributed by atoms with van der Waals surface area (Å²) >= 11 is 0. The second-order valence-electron chi connectivity index (χ2n) is 6.49. The lowest BCUT2D eigenvalue weighted by atomic mass is 10.1. The molecule has 1 aliphatic heterocycles. The molecule has 0 aliphatic carbocycles. The lowest BCUT2D eigenvalue weighted by Crippen LogP contribution is -2.49. The van der Waals surface area contributed by atoms with Crippen LogP contribution in [0.25, 0.3) is 0 Å². The molecule has 10 nitrogen and oxygen atoms in total. The summed E-state index contributed by atoms with van der Waals surface area (Å²) in [5.41, 5.74) is -1.90. The monoisotopic (exact) mass is 440 g/mol. The Morgan fingerprint density at radius 1 is 1.23 bits per heavy atom. The number of nitrogens with one attached hydrogen (secondary N) is 1. The molecule has 0 unspecified atom stereocenters. The maximum Gasteiger partial charge on any atom is 0.418 e. The quantitative estimate of drug-likeness (QED) is 0.556. The zero-order valence-corrected chi connectivity index (χ0v) is 16.4. The molecule has 1 aliphatic rings. The van der Waals surface area contributed by atoms with E-state index in [9.17, 15) is 28.1 Å². The molecule has 31 heavy (non-hydrogen) atoms. The minimum atomic E-state index is -4.66. The minimum Gasteiger partial charge on any atom is -0.450 e. The molecule has 1 amide bonds. The molecule has 0 bridgehead atoms.